The summed E-state index contributed by atoms with van der Waals surface area (Å²) in [6, 6.07) is 5.36. The zero-order valence-electron chi connectivity index (χ0n) is 16.5. The van der Waals surface area contributed by atoms with Crippen LogP contribution < -0.4 is 10.6 Å². The Bertz CT molecular complexity index is 703. The fourth-order valence-electron chi connectivity index (χ4n) is 3.15. The maximum absolute atomic E-state index is 12.3. The first-order valence-corrected chi connectivity index (χ1v) is 10.4. The number of nitrogens with zero attached hydrogens (tertiary/aromatic N) is 1. The van der Waals surface area contributed by atoms with Crippen molar-refractivity contribution in [3.63, 3.8) is 0 Å². The third kappa shape index (κ3) is 7.11. The molecule has 0 saturated heterocycles. The van der Waals surface area contributed by atoms with E-state index in [0.29, 0.717) is 6.54 Å². The van der Waals surface area contributed by atoms with Gasteiger partial charge in [-0.25, -0.2) is 0 Å². The second-order valence-corrected chi connectivity index (χ2v) is 8.16. The Labute approximate surface area is 170 Å². The van der Waals surface area contributed by atoms with Gasteiger partial charge in [-0.3, -0.25) is 14.5 Å². The van der Waals surface area contributed by atoms with Gasteiger partial charge in [-0.05, 0) is 76.8 Å². The summed E-state index contributed by atoms with van der Waals surface area (Å²) in [5, 5.41) is 5.90. The Morgan fingerprint density at radius 2 is 2.07 bits per heavy atom. The van der Waals surface area contributed by atoms with Crippen LogP contribution in [0.4, 0.5) is 5.69 Å². The number of carbonyl (C=O) groups is 2. The summed E-state index contributed by atoms with van der Waals surface area (Å²) in [4.78, 5) is 26.4. The number of anilines is 1. The molecule has 0 aliphatic heterocycles. The Balaban J connectivity index is 1.75. The lowest BCUT2D eigenvalue weighted by molar-refractivity contribution is -0.126. The molecule has 1 atom stereocenters. The molecule has 27 heavy (non-hydrogen) atoms. The normalized spacial score (nSPS) is 15.2. The van der Waals surface area contributed by atoms with Crippen LogP contribution in [0.3, 0.4) is 0 Å². The molecule has 0 aromatic heterocycles. The summed E-state index contributed by atoms with van der Waals surface area (Å²) in [6.45, 7) is 4.59. The molecule has 0 heterocycles. The Morgan fingerprint density at radius 3 is 2.74 bits per heavy atom. The Kier molecular flexibility index (Phi) is 8.51. The maximum Gasteiger partial charge on any atom is 0.238 e. The number of hydrogen-bond acceptors (Lipinski definition) is 3. The highest BCUT2D eigenvalue weighted by molar-refractivity contribution is 9.10. The summed E-state index contributed by atoms with van der Waals surface area (Å²) in [5.41, 5.74) is 3.23. The van der Waals surface area contributed by atoms with Crippen molar-refractivity contribution in [3.05, 3.63) is 39.9 Å². The van der Waals surface area contributed by atoms with E-state index in [-0.39, 0.29) is 24.4 Å². The molecule has 1 aliphatic carbocycles. The van der Waals surface area contributed by atoms with Gasteiger partial charge in [-0.15, -0.1) is 0 Å². The number of rotatable bonds is 8. The molecule has 0 bridgehead atoms. The second-order valence-electron chi connectivity index (χ2n) is 7.25. The molecule has 2 rings (SSSR count). The second kappa shape index (κ2) is 10.6. The van der Waals surface area contributed by atoms with Gasteiger partial charge in [-0.2, -0.15) is 0 Å². The van der Waals surface area contributed by atoms with Gasteiger partial charge < -0.3 is 10.6 Å². The van der Waals surface area contributed by atoms with E-state index in [1.54, 1.807) is 11.9 Å². The van der Waals surface area contributed by atoms with Crippen molar-refractivity contribution >= 4 is 33.4 Å². The van der Waals surface area contributed by atoms with Crippen molar-refractivity contribution in [2.75, 3.05) is 25.5 Å². The van der Waals surface area contributed by atoms with E-state index in [2.05, 4.69) is 32.6 Å². The van der Waals surface area contributed by atoms with Crippen LogP contribution in [0, 0.1) is 6.92 Å². The predicted octanol–water partition coefficient (Wildman–Crippen LogP) is 4.02. The molecular weight excluding hydrogens is 406 g/mol. The number of halogens is 1. The van der Waals surface area contributed by atoms with Crippen molar-refractivity contribution in [1.82, 2.24) is 10.2 Å². The highest BCUT2D eigenvalue weighted by atomic mass is 79.9. The van der Waals surface area contributed by atoms with Crippen molar-refractivity contribution in [2.24, 2.45) is 0 Å². The predicted molar refractivity (Wildman–Crippen MR) is 114 cm³/mol. The quantitative estimate of drug-likeness (QED) is 0.605. The van der Waals surface area contributed by atoms with Gasteiger partial charge in [0.1, 0.15) is 0 Å². The largest absolute Gasteiger partial charge is 0.354 e. The molecular formula is C21H30BrN3O2. The molecule has 1 aliphatic rings. The van der Waals surface area contributed by atoms with Gasteiger partial charge >= 0.3 is 0 Å². The van der Waals surface area contributed by atoms with E-state index in [1.165, 1.54) is 18.4 Å². The number of nitrogens with one attached hydrogen (secondary N) is 2. The summed E-state index contributed by atoms with van der Waals surface area (Å²) in [6.07, 6.45) is 8.08. The van der Waals surface area contributed by atoms with Crippen molar-refractivity contribution in [3.8, 4) is 0 Å². The van der Waals surface area contributed by atoms with Crippen molar-refractivity contribution in [1.29, 1.82) is 0 Å². The molecule has 6 heteroatoms. The zero-order valence-corrected chi connectivity index (χ0v) is 18.1. The van der Waals surface area contributed by atoms with Crippen LogP contribution in [-0.4, -0.2) is 42.9 Å². The minimum Gasteiger partial charge on any atom is -0.354 e. The van der Waals surface area contributed by atoms with E-state index in [9.17, 15) is 9.59 Å². The van der Waals surface area contributed by atoms with E-state index >= 15 is 0 Å². The molecule has 0 radical (unpaired) electrons. The molecule has 2 amide bonds. The smallest absolute Gasteiger partial charge is 0.238 e. The lowest BCUT2D eigenvalue weighted by Crippen LogP contribution is -2.46. The van der Waals surface area contributed by atoms with Gasteiger partial charge in [0.25, 0.3) is 0 Å². The fraction of sp³-hybridized carbons (Fsp3) is 0.524. The number of amides is 2. The summed E-state index contributed by atoms with van der Waals surface area (Å²) in [5.74, 6) is -0.170. The zero-order chi connectivity index (χ0) is 19.8. The molecule has 0 fully saturated rings. The third-order valence-electron chi connectivity index (χ3n) is 5.03. The van der Waals surface area contributed by atoms with Crippen LogP contribution in [-0.2, 0) is 9.59 Å². The number of aryl methyl sites for hydroxylation is 1. The third-order valence-corrected chi connectivity index (χ3v) is 5.52. The van der Waals surface area contributed by atoms with Gasteiger partial charge in [0.05, 0.1) is 12.6 Å². The molecule has 0 spiro atoms. The van der Waals surface area contributed by atoms with Crippen LogP contribution in [0.2, 0.25) is 0 Å². The fourth-order valence-corrected chi connectivity index (χ4v) is 3.62. The molecule has 2 N–H and O–H groups in total. The number of hydrogen-bond donors (Lipinski definition) is 2. The van der Waals surface area contributed by atoms with E-state index < -0.39 is 0 Å². The van der Waals surface area contributed by atoms with E-state index in [4.69, 9.17) is 0 Å². The van der Waals surface area contributed by atoms with Crippen LogP contribution in [0.1, 0.15) is 44.6 Å². The molecule has 0 saturated carbocycles. The van der Waals surface area contributed by atoms with Crippen molar-refractivity contribution < 1.29 is 9.59 Å². The van der Waals surface area contributed by atoms with Crippen LogP contribution in [0.5, 0.6) is 0 Å². The summed E-state index contributed by atoms with van der Waals surface area (Å²) < 4.78 is 0.976. The highest BCUT2D eigenvalue weighted by Crippen LogP contribution is 2.20. The average Bonchev–Trinajstić information content (AvgIpc) is 2.64. The first-order valence-electron chi connectivity index (χ1n) is 9.58. The minimum atomic E-state index is -0.359. The Hall–Kier alpha value is -1.66. The van der Waals surface area contributed by atoms with E-state index in [1.807, 2.05) is 32.0 Å². The Morgan fingerprint density at radius 1 is 1.30 bits per heavy atom. The lowest BCUT2D eigenvalue weighted by atomic mass is 9.97. The summed E-state index contributed by atoms with van der Waals surface area (Å²) >= 11 is 3.41. The lowest BCUT2D eigenvalue weighted by Gasteiger charge is -2.23. The first-order chi connectivity index (χ1) is 12.9. The molecule has 0 unspecified atom stereocenters. The van der Waals surface area contributed by atoms with Crippen LogP contribution >= 0.6 is 15.9 Å². The SMILES string of the molecule is Cc1cc(Br)ccc1NC(=O)CN(C)[C@@H](C)C(=O)NCCC1=CCCCC1. The number of carbonyl (C=O) groups excluding carboxylic acids is 2. The van der Waals surface area contributed by atoms with E-state index in [0.717, 1.165) is 35.0 Å². The van der Waals surface area contributed by atoms with Gasteiger partial charge in [0.15, 0.2) is 0 Å². The molecule has 148 valence electrons. The standard InChI is InChI=1S/C21H30BrN3O2/c1-15-13-18(22)9-10-19(15)24-20(26)14-25(3)16(2)21(27)23-12-11-17-7-5-4-6-8-17/h7,9-10,13,16H,4-6,8,11-12,14H2,1-3H3,(H,23,27)(H,24,26)/t16-/m0/s1. The number of allylic oxidation sites excluding steroid dienone is 1. The summed E-state index contributed by atoms with van der Waals surface area (Å²) in [7, 11) is 1.79. The van der Waals surface area contributed by atoms with Crippen LogP contribution in [0.25, 0.3) is 0 Å². The van der Waals surface area contributed by atoms with Crippen LogP contribution in [0.15, 0.2) is 34.3 Å². The monoisotopic (exact) mass is 435 g/mol. The number of benzene rings is 1. The molecule has 5 nitrogen and oxygen atoms in total. The van der Waals surface area contributed by atoms with Gasteiger partial charge in [0, 0.05) is 16.7 Å². The topological polar surface area (TPSA) is 61.4 Å². The number of likely N-dealkylation sites (N-methyl/N-ethyl adjacent to an activating group) is 1. The molecule has 1 aromatic rings. The molecule has 1 aromatic carbocycles. The minimum absolute atomic E-state index is 0.0402. The maximum atomic E-state index is 12.3. The first kappa shape index (κ1) is 21.6. The van der Waals surface area contributed by atoms with Gasteiger partial charge in [-0.1, -0.05) is 27.6 Å². The van der Waals surface area contributed by atoms with Crippen molar-refractivity contribution in [2.45, 2.75) is 52.0 Å². The van der Waals surface area contributed by atoms with Gasteiger partial charge in [0.2, 0.25) is 11.8 Å². The highest BCUT2D eigenvalue weighted by Gasteiger charge is 2.20. The average molecular weight is 436 g/mol.